The minimum absolute atomic E-state index is 0.339. The number of rotatable bonds is 1. The molecule has 17 heavy (non-hydrogen) atoms. The van der Waals surface area contributed by atoms with E-state index in [2.05, 4.69) is 24.1 Å². The molecule has 3 fully saturated rings. The second kappa shape index (κ2) is 3.71. The topological polar surface area (TPSA) is 32.3 Å². The number of nitrogens with one attached hydrogen (secondary N) is 1. The SMILES string of the molecule is CC1(C)CCN(C(=O)C2CC23CCNCC3)C1. The summed E-state index contributed by atoms with van der Waals surface area (Å²) in [5, 5.41) is 3.40. The maximum Gasteiger partial charge on any atom is 0.226 e. The first-order valence-electron chi connectivity index (χ1n) is 7.02. The fraction of sp³-hybridized carbons (Fsp3) is 0.929. The zero-order valence-electron chi connectivity index (χ0n) is 11.1. The van der Waals surface area contributed by atoms with Gasteiger partial charge >= 0.3 is 0 Å². The third kappa shape index (κ3) is 1.99. The first-order chi connectivity index (χ1) is 8.03. The molecule has 1 N–H and O–H groups in total. The number of amides is 1. The van der Waals surface area contributed by atoms with E-state index < -0.39 is 0 Å². The predicted molar refractivity (Wildman–Crippen MR) is 67.6 cm³/mol. The van der Waals surface area contributed by atoms with Crippen LogP contribution in [0.3, 0.4) is 0 Å². The maximum atomic E-state index is 12.5. The molecule has 3 heteroatoms. The van der Waals surface area contributed by atoms with Crippen molar-refractivity contribution in [3.05, 3.63) is 0 Å². The summed E-state index contributed by atoms with van der Waals surface area (Å²) in [7, 11) is 0. The Balaban J connectivity index is 1.61. The summed E-state index contributed by atoms with van der Waals surface area (Å²) >= 11 is 0. The lowest BCUT2D eigenvalue weighted by molar-refractivity contribution is -0.132. The summed E-state index contributed by atoms with van der Waals surface area (Å²) in [5.74, 6) is 0.816. The molecular weight excluding hydrogens is 212 g/mol. The minimum Gasteiger partial charge on any atom is -0.342 e. The zero-order chi connectivity index (χ0) is 12.1. The van der Waals surface area contributed by atoms with E-state index in [4.69, 9.17) is 0 Å². The fourth-order valence-corrected chi connectivity index (χ4v) is 3.70. The standard InChI is InChI=1S/C14H24N2O/c1-13(2)5-8-16(10-13)12(17)11-9-14(11)3-6-15-7-4-14/h11,15H,3-10H2,1-2H3. The molecule has 1 amide bonds. The summed E-state index contributed by atoms with van der Waals surface area (Å²) in [4.78, 5) is 14.6. The molecule has 1 spiro atoms. The van der Waals surface area contributed by atoms with Gasteiger partial charge in [0.2, 0.25) is 5.91 Å². The molecule has 1 saturated carbocycles. The Morgan fingerprint density at radius 1 is 1.24 bits per heavy atom. The summed E-state index contributed by atoms with van der Waals surface area (Å²) in [6, 6.07) is 0. The maximum absolute atomic E-state index is 12.5. The predicted octanol–water partition coefficient (Wildman–Crippen LogP) is 1.63. The Hall–Kier alpha value is -0.570. The van der Waals surface area contributed by atoms with E-state index in [-0.39, 0.29) is 0 Å². The van der Waals surface area contributed by atoms with Crippen molar-refractivity contribution in [2.45, 2.75) is 39.5 Å². The van der Waals surface area contributed by atoms with Gasteiger partial charge in [0.25, 0.3) is 0 Å². The molecule has 0 bridgehead atoms. The minimum atomic E-state index is 0.339. The second-order valence-electron chi connectivity index (χ2n) is 7.04. The van der Waals surface area contributed by atoms with Gasteiger partial charge in [-0.1, -0.05) is 13.8 Å². The average molecular weight is 236 g/mol. The molecule has 2 heterocycles. The molecule has 0 aromatic rings. The van der Waals surface area contributed by atoms with Crippen molar-refractivity contribution in [2.24, 2.45) is 16.7 Å². The Bertz CT molecular complexity index is 331. The molecular formula is C14H24N2O. The van der Waals surface area contributed by atoms with Crippen LogP contribution in [0.1, 0.15) is 39.5 Å². The molecule has 3 rings (SSSR count). The molecule has 0 radical (unpaired) electrons. The van der Waals surface area contributed by atoms with E-state index >= 15 is 0 Å². The number of carbonyl (C=O) groups excluding carboxylic acids is 1. The van der Waals surface area contributed by atoms with Gasteiger partial charge in [-0.3, -0.25) is 4.79 Å². The van der Waals surface area contributed by atoms with Gasteiger partial charge in [-0.05, 0) is 49.6 Å². The molecule has 1 unspecified atom stereocenters. The van der Waals surface area contributed by atoms with Crippen molar-refractivity contribution in [3.8, 4) is 0 Å². The van der Waals surface area contributed by atoms with Gasteiger partial charge < -0.3 is 10.2 Å². The molecule has 3 aliphatic rings. The highest BCUT2D eigenvalue weighted by Crippen LogP contribution is 2.59. The monoisotopic (exact) mass is 236 g/mol. The van der Waals surface area contributed by atoms with Crippen LogP contribution < -0.4 is 5.32 Å². The Morgan fingerprint density at radius 3 is 2.53 bits per heavy atom. The highest BCUT2D eigenvalue weighted by atomic mass is 16.2. The normalized spacial score (nSPS) is 34.0. The van der Waals surface area contributed by atoms with Crippen LogP contribution in [-0.4, -0.2) is 37.0 Å². The van der Waals surface area contributed by atoms with E-state index in [1.165, 1.54) is 19.3 Å². The third-order valence-corrected chi connectivity index (χ3v) is 5.08. The zero-order valence-corrected chi connectivity index (χ0v) is 11.1. The lowest BCUT2D eigenvalue weighted by Crippen LogP contribution is -2.36. The van der Waals surface area contributed by atoms with E-state index in [1.807, 2.05) is 0 Å². The molecule has 0 aromatic heterocycles. The molecule has 1 atom stereocenters. The van der Waals surface area contributed by atoms with Crippen LogP contribution in [0.4, 0.5) is 0 Å². The third-order valence-electron chi connectivity index (χ3n) is 5.08. The number of nitrogens with zero attached hydrogens (tertiary/aromatic N) is 1. The molecule has 1 aliphatic carbocycles. The molecule has 2 saturated heterocycles. The Labute approximate surface area is 104 Å². The van der Waals surface area contributed by atoms with Gasteiger partial charge in [0.05, 0.1) is 0 Å². The summed E-state index contributed by atoms with van der Waals surface area (Å²) in [5.41, 5.74) is 0.737. The van der Waals surface area contributed by atoms with Gasteiger partial charge in [0.15, 0.2) is 0 Å². The lowest BCUT2D eigenvalue weighted by Gasteiger charge is -2.25. The van der Waals surface area contributed by atoms with Crippen molar-refractivity contribution in [3.63, 3.8) is 0 Å². The van der Waals surface area contributed by atoms with Crippen LogP contribution in [0.2, 0.25) is 0 Å². The molecule has 3 nitrogen and oxygen atoms in total. The number of hydrogen-bond donors (Lipinski definition) is 1. The number of piperidine rings is 1. The van der Waals surface area contributed by atoms with Gasteiger partial charge in [-0.15, -0.1) is 0 Å². The molecule has 0 aromatic carbocycles. The van der Waals surface area contributed by atoms with Crippen LogP contribution in [-0.2, 0) is 4.79 Å². The number of likely N-dealkylation sites (tertiary alicyclic amines) is 1. The Morgan fingerprint density at radius 2 is 1.94 bits per heavy atom. The smallest absolute Gasteiger partial charge is 0.226 e. The van der Waals surface area contributed by atoms with Crippen molar-refractivity contribution in [2.75, 3.05) is 26.2 Å². The summed E-state index contributed by atoms with van der Waals surface area (Å²) in [6.45, 7) is 8.71. The van der Waals surface area contributed by atoms with Crippen molar-refractivity contribution in [1.82, 2.24) is 10.2 Å². The lowest BCUT2D eigenvalue weighted by atomic mass is 9.91. The van der Waals surface area contributed by atoms with Gasteiger partial charge in [0.1, 0.15) is 0 Å². The molecule has 2 aliphatic heterocycles. The largest absolute Gasteiger partial charge is 0.342 e. The second-order valence-corrected chi connectivity index (χ2v) is 7.04. The van der Waals surface area contributed by atoms with Crippen LogP contribution in [0, 0.1) is 16.7 Å². The highest BCUT2D eigenvalue weighted by Gasteiger charge is 2.59. The van der Waals surface area contributed by atoms with Crippen molar-refractivity contribution in [1.29, 1.82) is 0 Å². The van der Waals surface area contributed by atoms with E-state index in [9.17, 15) is 4.79 Å². The van der Waals surface area contributed by atoms with Crippen LogP contribution in [0.15, 0.2) is 0 Å². The van der Waals surface area contributed by atoms with E-state index in [1.54, 1.807) is 0 Å². The number of carbonyl (C=O) groups is 1. The van der Waals surface area contributed by atoms with E-state index in [0.29, 0.717) is 22.7 Å². The first-order valence-corrected chi connectivity index (χ1v) is 7.02. The summed E-state index contributed by atoms with van der Waals surface area (Å²) < 4.78 is 0. The van der Waals surface area contributed by atoms with Crippen molar-refractivity contribution < 1.29 is 4.79 Å². The number of hydrogen-bond acceptors (Lipinski definition) is 2. The van der Waals surface area contributed by atoms with Crippen molar-refractivity contribution >= 4 is 5.91 Å². The van der Waals surface area contributed by atoms with Gasteiger partial charge in [-0.2, -0.15) is 0 Å². The van der Waals surface area contributed by atoms with Gasteiger partial charge in [0, 0.05) is 19.0 Å². The molecule has 96 valence electrons. The van der Waals surface area contributed by atoms with Crippen LogP contribution in [0.5, 0.6) is 0 Å². The average Bonchev–Trinajstić information content (AvgIpc) is 2.84. The fourth-order valence-electron chi connectivity index (χ4n) is 3.70. The van der Waals surface area contributed by atoms with Gasteiger partial charge in [-0.25, -0.2) is 0 Å². The quantitative estimate of drug-likeness (QED) is 0.750. The van der Waals surface area contributed by atoms with Crippen LogP contribution >= 0.6 is 0 Å². The first kappa shape index (κ1) is 11.5. The Kier molecular flexibility index (Phi) is 2.51. The summed E-state index contributed by atoms with van der Waals surface area (Å²) in [6.07, 6.45) is 4.74. The van der Waals surface area contributed by atoms with Crippen LogP contribution in [0.25, 0.3) is 0 Å². The van der Waals surface area contributed by atoms with E-state index in [0.717, 1.165) is 32.6 Å². The highest BCUT2D eigenvalue weighted by molar-refractivity contribution is 5.83.